The number of aryl methyl sites for hydroxylation is 1. The van der Waals surface area contributed by atoms with E-state index >= 15 is 0 Å². The highest BCUT2D eigenvalue weighted by Crippen LogP contribution is 2.27. The summed E-state index contributed by atoms with van der Waals surface area (Å²) >= 11 is 0. The molecule has 0 radical (unpaired) electrons. The quantitative estimate of drug-likeness (QED) is 0.390. The van der Waals surface area contributed by atoms with Gasteiger partial charge in [-0.05, 0) is 76.0 Å². The predicted octanol–water partition coefficient (Wildman–Crippen LogP) is 3.42. The normalized spacial score (nSPS) is 23.7. The molecule has 1 saturated heterocycles. The summed E-state index contributed by atoms with van der Waals surface area (Å²) in [6.45, 7) is 10.3. The average Bonchev–Trinajstić information content (AvgIpc) is 3.35. The van der Waals surface area contributed by atoms with Gasteiger partial charge in [-0.1, -0.05) is 6.07 Å². The first-order chi connectivity index (χ1) is 17.8. The molecule has 1 aromatic carbocycles. The molecule has 37 heavy (non-hydrogen) atoms. The third-order valence-electron chi connectivity index (χ3n) is 7.90. The van der Waals surface area contributed by atoms with E-state index in [9.17, 15) is 9.59 Å². The van der Waals surface area contributed by atoms with Crippen LogP contribution in [0.15, 0.2) is 18.2 Å². The van der Waals surface area contributed by atoms with Crippen LogP contribution in [-0.2, 0) is 14.3 Å². The summed E-state index contributed by atoms with van der Waals surface area (Å²) in [7, 11) is 3.43. The maximum absolute atomic E-state index is 13.6. The highest BCUT2D eigenvalue weighted by atomic mass is 16.5. The van der Waals surface area contributed by atoms with Crippen molar-refractivity contribution in [3.63, 3.8) is 0 Å². The number of ether oxygens (including phenoxy) is 3. The van der Waals surface area contributed by atoms with E-state index in [-0.39, 0.29) is 29.7 Å². The molecule has 1 heterocycles. The van der Waals surface area contributed by atoms with Crippen molar-refractivity contribution in [2.45, 2.75) is 65.0 Å². The van der Waals surface area contributed by atoms with Crippen molar-refractivity contribution in [2.24, 2.45) is 17.8 Å². The van der Waals surface area contributed by atoms with Gasteiger partial charge < -0.3 is 29.7 Å². The van der Waals surface area contributed by atoms with Crippen molar-refractivity contribution in [1.82, 2.24) is 15.5 Å². The fourth-order valence-corrected chi connectivity index (χ4v) is 5.40. The molecule has 1 saturated carbocycles. The van der Waals surface area contributed by atoms with Crippen molar-refractivity contribution < 1.29 is 23.8 Å². The number of hydrogen-bond donors (Lipinski definition) is 2. The molecule has 2 atom stereocenters. The van der Waals surface area contributed by atoms with E-state index < -0.39 is 0 Å². The fraction of sp³-hybridized carbons (Fsp3) is 0.724. The van der Waals surface area contributed by atoms with Crippen LogP contribution < -0.4 is 15.4 Å². The Hall–Kier alpha value is -2.16. The predicted molar refractivity (Wildman–Crippen MR) is 145 cm³/mol. The SMILES string of the molecule is COCCCOc1cc(C(=O)N(C[C@@H]2CNC[C@H]2CNC(=O)[C@H]2CC[C@H](OC)CC2)C(C)C)ccc1C. The Morgan fingerprint density at radius 2 is 1.81 bits per heavy atom. The highest BCUT2D eigenvalue weighted by molar-refractivity contribution is 5.95. The van der Waals surface area contributed by atoms with Crippen LogP contribution in [0.1, 0.15) is 61.9 Å². The summed E-state index contributed by atoms with van der Waals surface area (Å²) in [5, 5.41) is 6.69. The zero-order valence-electron chi connectivity index (χ0n) is 23.4. The topological polar surface area (TPSA) is 89.1 Å². The van der Waals surface area contributed by atoms with E-state index in [0.717, 1.165) is 56.5 Å². The summed E-state index contributed by atoms with van der Waals surface area (Å²) < 4.78 is 16.5. The average molecular weight is 518 g/mol. The Morgan fingerprint density at radius 1 is 1.08 bits per heavy atom. The van der Waals surface area contributed by atoms with Crippen LogP contribution >= 0.6 is 0 Å². The zero-order chi connectivity index (χ0) is 26.8. The van der Waals surface area contributed by atoms with Crippen molar-refractivity contribution in [2.75, 3.05) is 53.6 Å². The van der Waals surface area contributed by atoms with Crippen LogP contribution in [-0.4, -0.2) is 82.5 Å². The van der Waals surface area contributed by atoms with Crippen molar-refractivity contribution >= 4 is 11.8 Å². The summed E-state index contributed by atoms with van der Waals surface area (Å²) in [5.74, 6) is 1.59. The van der Waals surface area contributed by atoms with Gasteiger partial charge in [0.15, 0.2) is 0 Å². The second-order valence-electron chi connectivity index (χ2n) is 10.9. The molecule has 0 unspecified atom stereocenters. The monoisotopic (exact) mass is 517 g/mol. The number of nitrogens with one attached hydrogen (secondary N) is 2. The lowest BCUT2D eigenvalue weighted by molar-refractivity contribution is -0.127. The second-order valence-corrected chi connectivity index (χ2v) is 10.9. The molecule has 2 amide bonds. The second kappa shape index (κ2) is 14.7. The van der Waals surface area contributed by atoms with Gasteiger partial charge in [-0.25, -0.2) is 0 Å². The number of hydrogen-bond acceptors (Lipinski definition) is 6. The van der Waals surface area contributed by atoms with Gasteiger partial charge in [0.1, 0.15) is 5.75 Å². The molecular formula is C29H47N3O5. The first-order valence-electron chi connectivity index (χ1n) is 13.9. The Bertz CT molecular complexity index is 869. The molecule has 2 fully saturated rings. The lowest BCUT2D eigenvalue weighted by Gasteiger charge is -2.32. The zero-order valence-corrected chi connectivity index (χ0v) is 23.4. The Balaban J connectivity index is 1.57. The lowest BCUT2D eigenvalue weighted by atomic mass is 9.86. The third-order valence-corrected chi connectivity index (χ3v) is 7.90. The fourth-order valence-electron chi connectivity index (χ4n) is 5.40. The summed E-state index contributed by atoms with van der Waals surface area (Å²) in [4.78, 5) is 28.3. The molecule has 0 bridgehead atoms. The third kappa shape index (κ3) is 8.42. The van der Waals surface area contributed by atoms with Crippen molar-refractivity contribution in [1.29, 1.82) is 0 Å². The number of amides is 2. The van der Waals surface area contributed by atoms with Gasteiger partial charge in [-0.2, -0.15) is 0 Å². The van der Waals surface area contributed by atoms with Crippen LogP contribution in [0, 0.1) is 24.7 Å². The van der Waals surface area contributed by atoms with Gasteiger partial charge in [-0.3, -0.25) is 9.59 Å². The first-order valence-corrected chi connectivity index (χ1v) is 13.9. The van der Waals surface area contributed by atoms with Gasteiger partial charge in [0.25, 0.3) is 5.91 Å². The van der Waals surface area contributed by atoms with Crippen LogP contribution in [0.4, 0.5) is 0 Å². The Morgan fingerprint density at radius 3 is 2.49 bits per heavy atom. The molecule has 3 rings (SSSR count). The van der Waals surface area contributed by atoms with E-state index in [4.69, 9.17) is 14.2 Å². The minimum absolute atomic E-state index is 0.0151. The van der Waals surface area contributed by atoms with E-state index in [2.05, 4.69) is 24.5 Å². The maximum Gasteiger partial charge on any atom is 0.254 e. The van der Waals surface area contributed by atoms with E-state index in [1.807, 2.05) is 30.0 Å². The number of benzene rings is 1. The number of nitrogens with zero attached hydrogens (tertiary/aromatic N) is 1. The van der Waals surface area contributed by atoms with Crippen LogP contribution in [0.2, 0.25) is 0 Å². The number of rotatable bonds is 13. The van der Waals surface area contributed by atoms with Gasteiger partial charge in [-0.15, -0.1) is 0 Å². The highest BCUT2D eigenvalue weighted by Gasteiger charge is 2.33. The molecule has 8 heteroatoms. The number of methoxy groups -OCH3 is 2. The van der Waals surface area contributed by atoms with E-state index in [0.29, 0.717) is 43.9 Å². The van der Waals surface area contributed by atoms with Gasteiger partial charge in [0, 0.05) is 70.9 Å². The Labute approximate surface area is 222 Å². The number of carbonyl (C=O) groups excluding carboxylic acids is 2. The molecule has 1 aliphatic carbocycles. The molecule has 2 N–H and O–H groups in total. The smallest absolute Gasteiger partial charge is 0.254 e. The molecule has 0 aromatic heterocycles. The van der Waals surface area contributed by atoms with Gasteiger partial charge in [0.05, 0.1) is 12.7 Å². The standard InChI is InChI=1S/C29H47N3O5/c1-20(2)32(29(34)23-8-7-21(3)27(15-23)37-14-6-13-35-4)19-25-17-30-16-24(25)18-31-28(33)22-9-11-26(36-5)12-10-22/h7-8,15,20,22,24-26,30H,6,9-14,16-19H2,1-5H3,(H,31,33)/t22-,24-,25-,26-/m0/s1. The molecule has 8 nitrogen and oxygen atoms in total. The summed E-state index contributed by atoms with van der Waals surface area (Å²) in [6.07, 6.45) is 4.77. The maximum atomic E-state index is 13.6. The minimum Gasteiger partial charge on any atom is -0.493 e. The lowest BCUT2D eigenvalue weighted by Crippen LogP contribution is -2.44. The molecule has 1 aromatic rings. The van der Waals surface area contributed by atoms with Gasteiger partial charge >= 0.3 is 0 Å². The van der Waals surface area contributed by atoms with Crippen LogP contribution in [0.5, 0.6) is 5.75 Å². The van der Waals surface area contributed by atoms with E-state index in [1.54, 1.807) is 14.2 Å². The molecule has 208 valence electrons. The Kier molecular flexibility index (Phi) is 11.7. The van der Waals surface area contributed by atoms with Crippen LogP contribution in [0.3, 0.4) is 0 Å². The largest absolute Gasteiger partial charge is 0.493 e. The number of carbonyl (C=O) groups is 2. The molecular weight excluding hydrogens is 470 g/mol. The van der Waals surface area contributed by atoms with Crippen molar-refractivity contribution in [3.8, 4) is 5.75 Å². The molecule has 0 spiro atoms. The van der Waals surface area contributed by atoms with Crippen LogP contribution in [0.25, 0.3) is 0 Å². The molecule has 2 aliphatic rings. The van der Waals surface area contributed by atoms with Gasteiger partial charge in [0.2, 0.25) is 5.91 Å². The van der Waals surface area contributed by atoms with E-state index in [1.165, 1.54) is 0 Å². The first kappa shape index (κ1) is 29.4. The molecule has 1 aliphatic heterocycles. The minimum atomic E-state index is 0.0151. The summed E-state index contributed by atoms with van der Waals surface area (Å²) in [5.41, 5.74) is 1.65. The summed E-state index contributed by atoms with van der Waals surface area (Å²) in [6, 6.07) is 5.76. The van der Waals surface area contributed by atoms with Crippen molar-refractivity contribution in [3.05, 3.63) is 29.3 Å².